The smallest absolute Gasteiger partial charge is 0.280 e. The van der Waals surface area contributed by atoms with E-state index in [0.29, 0.717) is 5.69 Å². The molecule has 2 rings (SSSR count). The van der Waals surface area contributed by atoms with Gasteiger partial charge in [0.25, 0.3) is 5.69 Å². The second-order valence-electron chi connectivity index (χ2n) is 4.73. The predicted octanol–water partition coefficient (Wildman–Crippen LogP) is 0.649. The molecular weight excluding hydrogens is 278 g/mol. The number of carbonyl (C=O) groups is 3. The Kier molecular flexibility index (Phi) is 3.70. The van der Waals surface area contributed by atoms with Crippen molar-refractivity contribution < 1.29 is 19.3 Å². The summed E-state index contributed by atoms with van der Waals surface area (Å²) in [5, 5.41) is 13.1. The van der Waals surface area contributed by atoms with Crippen LogP contribution in [-0.2, 0) is 9.59 Å². The lowest BCUT2D eigenvalue weighted by Gasteiger charge is -2.33. The van der Waals surface area contributed by atoms with Gasteiger partial charge in [0.1, 0.15) is 6.04 Å². The number of nitrogens with zero attached hydrogens (tertiary/aromatic N) is 2. The van der Waals surface area contributed by atoms with Crippen molar-refractivity contribution in [2.45, 2.75) is 19.9 Å². The molecule has 1 aromatic rings. The molecule has 0 saturated carbocycles. The lowest BCUT2D eigenvalue weighted by Crippen LogP contribution is -2.57. The van der Waals surface area contributed by atoms with Crippen LogP contribution in [0.1, 0.15) is 24.2 Å². The minimum Gasteiger partial charge on any atom is -0.350 e. The van der Waals surface area contributed by atoms with E-state index in [0.717, 1.165) is 0 Å². The minimum atomic E-state index is -0.641. The highest BCUT2D eigenvalue weighted by Crippen LogP contribution is 2.27. The predicted molar refractivity (Wildman–Crippen MR) is 73.1 cm³/mol. The molecule has 1 fully saturated rings. The zero-order chi connectivity index (χ0) is 15.7. The lowest BCUT2D eigenvalue weighted by molar-refractivity contribution is -0.385. The van der Waals surface area contributed by atoms with E-state index < -0.39 is 28.6 Å². The van der Waals surface area contributed by atoms with Gasteiger partial charge in [-0.1, -0.05) is 0 Å². The molecule has 0 aromatic heterocycles. The van der Waals surface area contributed by atoms with Gasteiger partial charge in [-0.2, -0.15) is 0 Å². The van der Waals surface area contributed by atoms with Crippen molar-refractivity contribution in [2.75, 3.05) is 11.4 Å². The van der Waals surface area contributed by atoms with Gasteiger partial charge in [-0.25, -0.2) is 0 Å². The topological polar surface area (TPSA) is 110 Å². The van der Waals surface area contributed by atoms with Crippen molar-refractivity contribution in [1.29, 1.82) is 0 Å². The monoisotopic (exact) mass is 291 g/mol. The summed E-state index contributed by atoms with van der Waals surface area (Å²) in [6.45, 7) is 2.78. The molecule has 110 valence electrons. The summed E-state index contributed by atoms with van der Waals surface area (Å²) in [7, 11) is 0. The van der Waals surface area contributed by atoms with Crippen LogP contribution in [0.5, 0.6) is 0 Å². The Morgan fingerprint density at radius 1 is 1.43 bits per heavy atom. The van der Waals surface area contributed by atoms with Crippen LogP contribution in [-0.4, -0.2) is 35.1 Å². The fourth-order valence-corrected chi connectivity index (χ4v) is 2.17. The van der Waals surface area contributed by atoms with Crippen molar-refractivity contribution in [2.24, 2.45) is 0 Å². The molecule has 1 unspecified atom stereocenters. The van der Waals surface area contributed by atoms with Gasteiger partial charge in [0.05, 0.1) is 17.0 Å². The number of rotatable bonds is 3. The molecule has 2 amide bonds. The molecule has 1 saturated heterocycles. The number of benzene rings is 1. The van der Waals surface area contributed by atoms with Crippen LogP contribution in [0.4, 0.5) is 11.4 Å². The molecule has 8 heteroatoms. The Morgan fingerprint density at radius 2 is 2.10 bits per heavy atom. The number of nitrogens with one attached hydrogen (secondary N) is 1. The number of hydrogen-bond acceptors (Lipinski definition) is 6. The third kappa shape index (κ3) is 2.73. The fourth-order valence-electron chi connectivity index (χ4n) is 2.17. The van der Waals surface area contributed by atoms with Crippen LogP contribution in [0, 0.1) is 10.1 Å². The summed E-state index contributed by atoms with van der Waals surface area (Å²) < 4.78 is 0. The average Bonchev–Trinajstić information content (AvgIpc) is 2.42. The summed E-state index contributed by atoms with van der Waals surface area (Å²) in [6.07, 6.45) is 0. The normalized spacial score (nSPS) is 18.4. The quantitative estimate of drug-likeness (QED) is 0.379. The van der Waals surface area contributed by atoms with E-state index in [1.54, 1.807) is 6.92 Å². The molecule has 1 atom stereocenters. The lowest BCUT2D eigenvalue weighted by atomic mass is 10.1. The summed E-state index contributed by atoms with van der Waals surface area (Å²) in [4.78, 5) is 46.4. The molecule has 8 nitrogen and oxygen atoms in total. The Labute approximate surface area is 119 Å². The Morgan fingerprint density at radius 3 is 2.67 bits per heavy atom. The molecular formula is C13H13N3O5. The molecule has 0 aliphatic carbocycles. The zero-order valence-electron chi connectivity index (χ0n) is 11.5. The van der Waals surface area contributed by atoms with E-state index in [9.17, 15) is 24.5 Å². The van der Waals surface area contributed by atoms with E-state index in [1.165, 1.54) is 30.0 Å². The largest absolute Gasteiger partial charge is 0.350 e. The van der Waals surface area contributed by atoms with Crippen molar-refractivity contribution in [3.8, 4) is 0 Å². The number of piperazine rings is 1. The summed E-state index contributed by atoms with van der Waals surface area (Å²) >= 11 is 0. The number of amides is 2. The number of hydrogen-bond donors (Lipinski definition) is 1. The number of ketones is 1. The number of carbonyl (C=O) groups excluding carboxylic acids is 3. The van der Waals surface area contributed by atoms with Gasteiger partial charge < -0.3 is 4.90 Å². The first-order valence-electron chi connectivity index (χ1n) is 6.21. The Bertz CT molecular complexity index is 655. The Hall–Kier alpha value is -2.77. The van der Waals surface area contributed by atoms with E-state index >= 15 is 0 Å². The first kappa shape index (κ1) is 14.6. The number of imide groups is 1. The van der Waals surface area contributed by atoms with Crippen LogP contribution in [0.25, 0.3) is 0 Å². The van der Waals surface area contributed by atoms with E-state index in [4.69, 9.17) is 0 Å². The number of nitro groups is 1. The van der Waals surface area contributed by atoms with E-state index in [2.05, 4.69) is 5.32 Å². The molecule has 1 aromatic carbocycles. The van der Waals surface area contributed by atoms with Crippen LogP contribution >= 0.6 is 0 Å². The molecule has 0 bridgehead atoms. The molecule has 1 N–H and O–H groups in total. The van der Waals surface area contributed by atoms with Crippen molar-refractivity contribution in [3.05, 3.63) is 33.9 Å². The van der Waals surface area contributed by atoms with Gasteiger partial charge in [0.15, 0.2) is 5.78 Å². The van der Waals surface area contributed by atoms with Crippen molar-refractivity contribution in [3.63, 3.8) is 0 Å². The third-order valence-corrected chi connectivity index (χ3v) is 3.31. The molecule has 21 heavy (non-hydrogen) atoms. The minimum absolute atomic E-state index is 0.0527. The van der Waals surface area contributed by atoms with Crippen LogP contribution in [0.3, 0.4) is 0 Å². The van der Waals surface area contributed by atoms with Crippen molar-refractivity contribution in [1.82, 2.24) is 5.32 Å². The average molecular weight is 291 g/mol. The number of anilines is 1. The van der Waals surface area contributed by atoms with Crippen LogP contribution in [0.15, 0.2) is 18.2 Å². The highest BCUT2D eigenvalue weighted by molar-refractivity contribution is 6.05. The number of Topliss-reactive ketones (excluding diaryl/α,β-unsaturated/α-hetero) is 1. The maximum atomic E-state index is 11.6. The summed E-state index contributed by atoms with van der Waals surface area (Å²) in [5.41, 5.74) is 0.0660. The van der Waals surface area contributed by atoms with Crippen LogP contribution < -0.4 is 10.2 Å². The summed E-state index contributed by atoms with van der Waals surface area (Å²) in [6, 6.07) is 3.36. The molecule has 1 aliphatic rings. The van der Waals surface area contributed by atoms with Gasteiger partial charge in [-0.05, 0) is 26.0 Å². The van der Waals surface area contributed by atoms with E-state index in [-0.39, 0.29) is 17.8 Å². The van der Waals surface area contributed by atoms with Gasteiger partial charge >= 0.3 is 0 Å². The zero-order valence-corrected chi connectivity index (χ0v) is 11.5. The standard InChI is InChI=1S/C13H13N3O5/c1-7-13(19)14-12(18)6-15(7)9-3-4-11(16(20)21)10(5-9)8(2)17/h3-5,7H,6H2,1-2H3,(H,14,18,19). The summed E-state index contributed by atoms with van der Waals surface area (Å²) in [5.74, 6) is -1.36. The SMILES string of the molecule is CC(=O)c1cc(N2CC(=O)NC(=O)C2C)ccc1[N+](=O)[O-]. The molecule has 0 spiro atoms. The molecule has 0 radical (unpaired) electrons. The highest BCUT2D eigenvalue weighted by atomic mass is 16.6. The maximum absolute atomic E-state index is 11.6. The van der Waals surface area contributed by atoms with E-state index in [1.807, 2.05) is 0 Å². The van der Waals surface area contributed by atoms with Gasteiger partial charge in [-0.3, -0.25) is 29.8 Å². The maximum Gasteiger partial charge on any atom is 0.280 e. The Balaban J connectivity index is 2.47. The molecule has 1 heterocycles. The first-order valence-corrected chi connectivity index (χ1v) is 6.21. The highest BCUT2D eigenvalue weighted by Gasteiger charge is 2.31. The second kappa shape index (κ2) is 5.31. The van der Waals surface area contributed by atoms with Gasteiger partial charge in [0.2, 0.25) is 11.8 Å². The van der Waals surface area contributed by atoms with Crippen LogP contribution in [0.2, 0.25) is 0 Å². The third-order valence-electron chi connectivity index (χ3n) is 3.31. The molecule has 1 aliphatic heterocycles. The number of nitro benzene ring substituents is 1. The second-order valence-corrected chi connectivity index (χ2v) is 4.73. The van der Waals surface area contributed by atoms with Crippen molar-refractivity contribution >= 4 is 29.0 Å². The first-order chi connectivity index (χ1) is 9.81. The van der Waals surface area contributed by atoms with Gasteiger partial charge in [0, 0.05) is 11.8 Å². The van der Waals surface area contributed by atoms with Gasteiger partial charge in [-0.15, -0.1) is 0 Å². The fraction of sp³-hybridized carbons (Fsp3) is 0.308.